The molecule has 0 fully saturated rings. The standard InChI is InChI=1S/C27H24N2O6S/c1-5-13-34-26(32)23-16(2)28-27-29(25(31)22(36-27)14-18-9-7-6-8-10-18)24(23)19-11-12-20(35-17(3)30)21(15-19)33-4/h5-12,14-15,24H,1,13H2,2-4H3/b22-14-. The van der Waals surface area contributed by atoms with E-state index in [1.807, 2.05) is 30.3 Å². The molecular weight excluding hydrogens is 480 g/mol. The van der Waals surface area contributed by atoms with Crippen molar-refractivity contribution in [1.29, 1.82) is 0 Å². The summed E-state index contributed by atoms with van der Waals surface area (Å²) in [5.74, 6) is -0.606. The van der Waals surface area contributed by atoms with Crippen LogP contribution < -0.4 is 24.4 Å². The predicted molar refractivity (Wildman–Crippen MR) is 136 cm³/mol. The van der Waals surface area contributed by atoms with Gasteiger partial charge < -0.3 is 14.2 Å². The number of carbonyl (C=O) groups is 2. The van der Waals surface area contributed by atoms with Crippen LogP contribution >= 0.6 is 11.3 Å². The third kappa shape index (κ3) is 4.92. The maximum atomic E-state index is 13.6. The molecule has 0 spiro atoms. The summed E-state index contributed by atoms with van der Waals surface area (Å²) in [4.78, 5) is 43.3. The van der Waals surface area contributed by atoms with Crippen molar-refractivity contribution in [1.82, 2.24) is 4.57 Å². The van der Waals surface area contributed by atoms with Crippen molar-refractivity contribution in [2.45, 2.75) is 19.9 Å². The molecule has 0 saturated heterocycles. The van der Waals surface area contributed by atoms with Gasteiger partial charge in [-0.15, -0.1) is 0 Å². The minimum Gasteiger partial charge on any atom is -0.493 e. The van der Waals surface area contributed by atoms with E-state index in [0.717, 1.165) is 5.56 Å². The lowest BCUT2D eigenvalue weighted by molar-refractivity contribution is -0.138. The molecule has 0 aliphatic carbocycles. The van der Waals surface area contributed by atoms with Crippen LogP contribution in [-0.2, 0) is 14.3 Å². The Kier molecular flexibility index (Phi) is 7.30. The van der Waals surface area contributed by atoms with E-state index < -0.39 is 18.0 Å². The van der Waals surface area contributed by atoms with Crippen molar-refractivity contribution in [3.63, 3.8) is 0 Å². The molecule has 0 N–H and O–H groups in total. The van der Waals surface area contributed by atoms with Crippen LogP contribution in [0.5, 0.6) is 11.5 Å². The van der Waals surface area contributed by atoms with E-state index in [-0.39, 0.29) is 29.2 Å². The van der Waals surface area contributed by atoms with Crippen LogP contribution in [-0.4, -0.2) is 30.2 Å². The van der Waals surface area contributed by atoms with Crippen LogP contribution in [0.25, 0.3) is 6.08 Å². The average molecular weight is 505 g/mol. The highest BCUT2D eigenvalue weighted by molar-refractivity contribution is 7.07. The van der Waals surface area contributed by atoms with Crippen LogP contribution in [0.15, 0.2) is 82.2 Å². The fraction of sp³-hybridized carbons (Fsp3) is 0.185. The minimum absolute atomic E-state index is 0.00940. The van der Waals surface area contributed by atoms with Crippen LogP contribution in [0.2, 0.25) is 0 Å². The van der Waals surface area contributed by atoms with Gasteiger partial charge in [0.25, 0.3) is 5.56 Å². The second-order valence-electron chi connectivity index (χ2n) is 7.88. The Hall–Kier alpha value is -4.24. The quantitative estimate of drug-likeness (QED) is 0.279. The minimum atomic E-state index is -0.836. The van der Waals surface area contributed by atoms with Crippen molar-refractivity contribution in [3.05, 3.63) is 103 Å². The third-order valence-electron chi connectivity index (χ3n) is 5.43. The molecule has 4 rings (SSSR count). The second kappa shape index (κ2) is 10.6. The molecule has 36 heavy (non-hydrogen) atoms. The first-order chi connectivity index (χ1) is 17.3. The van der Waals surface area contributed by atoms with Gasteiger partial charge in [-0.3, -0.25) is 14.2 Å². The van der Waals surface area contributed by atoms with Crippen molar-refractivity contribution >= 4 is 29.4 Å². The number of hydrogen-bond donors (Lipinski definition) is 0. The summed E-state index contributed by atoms with van der Waals surface area (Å²) in [6, 6.07) is 13.5. The number of methoxy groups -OCH3 is 1. The smallest absolute Gasteiger partial charge is 0.338 e. The Balaban J connectivity index is 1.94. The number of aromatic nitrogens is 1. The number of rotatable bonds is 7. The Labute approximate surface area is 211 Å². The largest absolute Gasteiger partial charge is 0.493 e. The normalized spacial score (nSPS) is 15.1. The zero-order valence-electron chi connectivity index (χ0n) is 20.0. The van der Waals surface area contributed by atoms with Crippen molar-refractivity contribution < 1.29 is 23.8 Å². The molecule has 1 aliphatic rings. The van der Waals surface area contributed by atoms with Gasteiger partial charge in [-0.1, -0.05) is 60.4 Å². The molecule has 0 bridgehead atoms. The van der Waals surface area contributed by atoms with Crippen LogP contribution in [0.1, 0.15) is 31.0 Å². The highest BCUT2D eigenvalue weighted by Crippen LogP contribution is 2.36. The second-order valence-corrected chi connectivity index (χ2v) is 8.89. The number of esters is 2. The lowest BCUT2D eigenvalue weighted by Gasteiger charge is -2.25. The molecule has 1 atom stereocenters. The summed E-state index contributed by atoms with van der Waals surface area (Å²) in [7, 11) is 1.44. The van der Waals surface area contributed by atoms with Gasteiger partial charge in [0.05, 0.1) is 29.0 Å². The lowest BCUT2D eigenvalue weighted by atomic mass is 9.95. The zero-order chi connectivity index (χ0) is 25.8. The zero-order valence-corrected chi connectivity index (χ0v) is 20.8. The average Bonchev–Trinajstić information content (AvgIpc) is 3.16. The van der Waals surface area contributed by atoms with E-state index >= 15 is 0 Å². The molecule has 8 nitrogen and oxygen atoms in total. The highest BCUT2D eigenvalue weighted by Gasteiger charge is 2.34. The predicted octanol–water partition coefficient (Wildman–Crippen LogP) is 2.90. The Bertz CT molecular complexity index is 1550. The van der Waals surface area contributed by atoms with Gasteiger partial charge in [0, 0.05) is 6.92 Å². The number of allylic oxidation sites excluding steroid dienone is 1. The third-order valence-corrected chi connectivity index (χ3v) is 6.41. The van der Waals surface area contributed by atoms with E-state index in [2.05, 4.69) is 11.6 Å². The molecule has 3 aromatic rings. The number of nitrogens with zero attached hydrogens (tertiary/aromatic N) is 2. The number of hydrogen-bond acceptors (Lipinski definition) is 8. The molecule has 1 aliphatic heterocycles. The number of carbonyl (C=O) groups excluding carboxylic acids is 2. The first-order valence-electron chi connectivity index (χ1n) is 11.1. The molecule has 0 amide bonds. The Morgan fingerprint density at radius 1 is 1.17 bits per heavy atom. The lowest BCUT2D eigenvalue weighted by Crippen LogP contribution is -2.40. The molecule has 1 unspecified atom stereocenters. The van der Waals surface area contributed by atoms with Gasteiger partial charge in [0.15, 0.2) is 16.3 Å². The number of ether oxygens (including phenoxy) is 3. The van der Waals surface area contributed by atoms with Crippen LogP contribution in [0.3, 0.4) is 0 Å². The number of thiazole rings is 1. The van der Waals surface area contributed by atoms with Gasteiger partial charge in [-0.05, 0) is 36.3 Å². The van der Waals surface area contributed by atoms with Crippen LogP contribution in [0, 0.1) is 0 Å². The van der Waals surface area contributed by atoms with Gasteiger partial charge in [0.1, 0.15) is 6.61 Å². The maximum Gasteiger partial charge on any atom is 0.338 e. The Morgan fingerprint density at radius 3 is 2.58 bits per heavy atom. The summed E-state index contributed by atoms with van der Waals surface area (Å²) < 4.78 is 18.0. The molecule has 2 heterocycles. The number of fused-ring (bicyclic) bond motifs is 1. The summed E-state index contributed by atoms with van der Waals surface area (Å²) >= 11 is 1.24. The van der Waals surface area contributed by atoms with Crippen molar-refractivity contribution in [3.8, 4) is 11.5 Å². The number of benzene rings is 2. The first-order valence-corrected chi connectivity index (χ1v) is 11.9. The van der Waals surface area contributed by atoms with E-state index in [4.69, 9.17) is 14.2 Å². The molecule has 184 valence electrons. The van der Waals surface area contributed by atoms with E-state index in [1.165, 1.54) is 36.0 Å². The fourth-order valence-corrected chi connectivity index (χ4v) is 4.95. The monoisotopic (exact) mass is 504 g/mol. The van der Waals surface area contributed by atoms with Crippen LogP contribution in [0.4, 0.5) is 0 Å². The summed E-state index contributed by atoms with van der Waals surface area (Å²) in [6.07, 6.45) is 3.26. The van der Waals surface area contributed by atoms with Gasteiger partial charge in [0.2, 0.25) is 0 Å². The van der Waals surface area contributed by atoms with Gasteiger partial charge in [-0.2, -0.15) is 0 Å². The summed E-state index contributed by atoms with van der Waals surface area (Å²) in [6.45, 7) is 6.59. The highest BCUT2D eigenvalue weighted by atomic mass is 32.1. The molecule has 9 heteroatoms. The fourth-order valence-electron chi connectivity index (χ4n) is 3.90. The van der Waals surface area contributed by atoms with Crippen molar-refractivity contribution in [2.75, 3.05) is 13.7 Å². The molecule has 0 saturated carbocycles. The molecule has 1 aromatic heterocycles. The SMILES string of the molecule is C=CCOC(=O)C1=C(C)N=c2s/c(=C\c3ccccc3)c(=O)n2C1c1ccc(OC(C)=O)c(OC)c1. The van der Waals surface area contributed by atoms with E-state index in [0.29, 0.717) is 20.6 Å². The summed E-state index contributed by atoms with van der Waals surface area (Å²) in [5.41, 5.74) is 1.79. The van der Waals surface area contributed by atoms with Crippen molar-refractivity contribution in [2.24, 2.45) is 4.99 Å². The van der Waals surface area contributed by atoms with E-state index in [9.17, 15) is 14.4 Å². The topological polar surface area (TPSA) is 96.2 Å². The summed E-state index contributed by atoms with van der Waals surface area (Å²) in [5, 5.41) is 0. The molecule has 2 aromatic carbocycles. The Morgan fingerprint density at radius 2 is 1.92 bits per heavy atom. The molecule has 0 radical (unpaired) electrons. The maximum absolute atomic E-state index is 13.6. The molecular formula is C27H24N2O6S. The van der Waals surface area contributed by atoms with Gasteiger partial charge in [-0.25, -0.2) is 9.79 Å². The van der Waals surface area contributed by atoms with Gasteiger partial charge >= 0.3 is 11.9 Å². The first kappa shape index (κ1) is 24.9. The van der Waals surface area contributed by atoms with E-state index in [1.54, 1.807) is 31.2 Å².